The van der Waals surface area contributed by atoms with Gasteiger partial charge in [-0.1, -0.05) is 60.7 Å². The number of phenols is 1. The Hall–Kier alpha value is -3.28. The number of para-hydroxylation sites is 1. The molecule has 4 aromatic rings. The molecule has 3 atom stereocenters. The first-order valence-corrected chi connectivity index (χ1v) is 13.0. The topological polar surface area (TPSA) is 66.3 Å². The van der Waals surface area contributed by atoms with E-state index in [1.54, 1.807) is 12.1 Å². The molecule has 1 aliphatic heterocycles. The van der Waals surface area contributed by atoms with Gasteiger partial charge in [-0.2, -0.15) is 0 Å². The van der Waals surface area contributed by atoms with Gasteiger partial charge in [-0.05, 0) is 69.5 Å². The molecule has 6 heteroatoms. The van der Waals surface area contributed by atoms with Crippen LogP contribution in [0.2, 0.25) is 0 Å². The van der Waals surface area contributed by atoms with Crippen LogP contribution in [0.5, 0.6) is 5.75 Å². The van der Waals surface area contributed by atoms with Crippen molar-refractivity contribution in [1.82, 2.24) is 15.2 Å². The molecular formula is C31H36ClN3O2. The minimum atomic E-state index is -0.172. The van der Waals surface area contributed by atoms with E-state index in [-0.39, 0.29) is 42.1 Å². The largest absolute Gasteiger partial charge is 0.508 e. The van der Waals surface area contributed by atoms with Gasteiger partial charge in [0.2, 0.25) is 0 Å². The molecule has 1 aliphatic rings. The number of nitrogens with zero attached hydrogens (tertiary/aromatic N) is 1. The predicted octanol–water partition coefficient (Wildman–Crippen LogP) is 6.40. The zero-order valence-electron chi connectivity index (χ0n) is 21.6. The van der Waals surface area contributed by atoms with Crippen LogP contribution in [0.1, 0.15) is 72.8 Å². The highest BCUT2D eigenvalue weighted by Crippen LogP contribution is 2.42. The van der Waals surface area contributed by atoms with E-state index in [0.717, 1.165) is 47.0 Å². The molecule has 3 unspecified atom stereocenters. The Kier molecular flexibility index (Phi) is 8.25. The lowest BCUT2D eigenvalue weighted by atomic mass is 9.83. The summed E-state index contributed by atoms with van der Waals surface area (Å²) in [6.07, 6.45) is 2.24. The average Bonchev–Trinajstić information content (AvgIpc) is 3.53. The Morgan fingerprint density at radius 1 is 0.946 bits per heavy atom. The van der Waals surface area contributed by atoms with E-state index in [4.69, 9.17) is 0 Å². The van der Waals surface area contributed by atoms with Crippen LogP contribution in [0.4, 0.5) is 0 Å². The summed E-state index contributed by atoms with van der Waals surface area (Å²) in [5, 5.41) is 17.9. The molecule has 194 valence electrons. The molecule has 0 aliphatic carbocycles. The number of rotatable bonds is 7. The van der Waals surface area contributed by atoms with E-state index >= 15 is 0 Å². The maximum atomic E-state index is 14.0. The maximum Gasteiger partial charge on any atom is 0.268 e. The lowest BCUT2D eigenvalue weighted by molar-refractivity contribution is 0.0930. The summed E-state index contributed by atoms with van der Waals surface area (Å²) in [7, 11) is 0. The number of carbonyl (C=O) groups excluding carboxylic acids is 1. The molecule has 37 heavy (non-hydrogen) atoms. The van der Waals surface area contributed by atoms with Crippen LogP contribution in [0.3, 0.4) is 0 Å². The molecular weight excluding hydrogens is 482 g/mol. The first-order chi connectivity index (χ1) is 17.5. The number of aromatic nitrogens is 1. The molecule has 1 amide bonds. The number of hydrogen-bond donors (Lipinski definition) is 3. The van der Waals surface area contributed by atoms with Crippen LogP contribution in [-0.2, 0) is 0 Å². The molecule has 5 nitrogen and oxygen atoms in total. The Bertz CT molecular complexity index is 1340. The van der Waals surface area contributed by atoms with E-state index in [2.05, 4.69) is 58.5 Å². The van der Waals surface area contributed by atoms with Crippen molar-refractivity contribution in [2.45, 2.75) is 57.7 Å². The number of fused-ring (bicyclic) bond motifs is 1. The Labute approximate surface area is 225 Å². The minimum absolute atomic E-state index is 0. The van der Waals surface area contributed by atoms with Crippen LogP contribution in [0.25, 0.3) is 10.9 Å². The molecule has 0 spiro atoms. The van der Waals surface area contributed by atoms with Crippen molar-refractivity contribution >= 4 is 29.2 Å². The van der Waals surface area contributed by atoms with Gasteiger partial charge in [0, 0.05) is 40.5 Å². The van der Waals surface area contributed by atoms with Gasteiger partial charge in [-0.25, -0.2) is 0 Å². The van der Waals surface area contributed by atoms with Crippen molar-refractivity contribution in [3.05, 3.63) is 101 Å². The van der Waals surface area contributed by atoms with Gasteiger partial charge in [-0.3, -0.25) is 4.79 Å². The molecule has 0 bridgehead atoms. The molecule has 3 aromatic carbocycles. The Morgan fingerprint density at radius 3 is 2.24 bits per heavy atom. The highest BCUT2D eigenvalue weighted by atomic mass is 35.5. The van der Waals surface area contributed by atoms with Crippen LogP contribution in [0, 0.1) is 0 Å². The smallest absolute Gasteiger partial charge is 0.268 e. The van der Waals surface area contributed by atoms with Crippen molar-refractivity contribution in [1.29, 1.82) is 0 Å². The standard InChI is InChI=1S/C31H35N3O2.ClH/c1-20(2)33-31(36)30-29(28(22-10-5-4-6-11-22)23-15-17-24(35)18-16-23)25-12-7-8-14-27(25)34(30)21(3)26-13-9-19-32-26;/h4-8,10-12,14-18,20-21,26,28,32,35H,9,13,19H2,1-3H3,(H,33,36);1H. The second-order valence-corrected chi connectivity index (χ2v) is 10.2. The van der Waals surface area contributed by atoms with E-state index in [1.807, 2.05) is 44.2 Å². The molecule has 1 fully saturated rings. The van der Waals surface area contributed by atoms with Gasteiger partial charge < -0.3 is 20.3 Å². The first kappa shape index (κ1) is 26.8. The maximum absolute atomic E-state index is 14.0. The van der Waals surface area contributed by atoms with Gasteiger partial charge in [0.05, 0.1) is 0 Å². The second-order valence-electron chi connectivity index (χ2n) is 10.2. The second kappa shape index (κ2) is 11.4. The number of hydrogen-bond acceptors (Lipinski definition) is 3. The van der Waals surface area contributed by atoms with Crippen LogP contribution in [0.15, 0.2) is 78.9 Å². The zero-order valence-corrected chi connectivity index (χ0v) is 22.5. The fraction of sp³-hybridized carbons (Fsp3) is 0.323. The molecule has 0 saturated carbocycles. The van der Waals surface area contributed by atoms with Crippen molar-refractivity contribution in [3.63, 3.8) is 0 Å². The van der Waals surface area contributed by atoms with Crippen LogP contribution < -0.4 is 10.6 Å². The fourth-order valence-corrected chi connectivity index (χ4v) is 5.71. The lowest BCUT2D eigenvalue weighted by Gasteiger charge is -2.26. The summed E-state index contributed by atoms with van der Waals surface area (Å²) >= 11 is 0. The van der Waals surface area contributed by atoms with Gasteiger partial charge >= 0.3 is 0 Å². The quantitative estimate of drug-likeness (QED) is 0.266. The molecule has 1 aromatic heterocycles. The number of halogens is 1. The molecule has 3 N–H and O–H groups in total. The van der Waals surface area contributed by atoms with E-state index < -0.39 is 0 Å². The summed E-state index contributed by atoms with van der Waals surface area (Å²) in [6, 6.07) is 26.5. The van der Waals surface area contributed by atoms with Crippen molar-refractivity contribution in [2.75, 3.05) is 6.54 Å². The number of aromatic hydroxyl groups is 1. The van der Waals surface area contributed by atoms with Crippen LogP contribution >= 0.6 is 12.4 Å². The lowest BCUT2D eigenvalue weighted by Crippen LogP contribution is -2.36. The molecule has 2 heterocycles. The molecule has 1 saturated heterocycles. The average molecular weight is 518 g/mol. The third-order valence-corrected chi connectivity index (χ3v) is 7.32. The highest BCUT2D eigenvalue weighted by molar-refractivity contribution is 6.03. The van der Waals surface area contributed by atoms with Gasteiger partial charge in [0.15, 0.2) is 0 Å². The predicted molar refractivity (Wildman–Crippen MR) is 153 cm³/mol. The SMILES string of the molecule is CC(C)NC(=O)c1c(C(c2ccccc2)c2ccc(O)cc2)c2ccccc2n1C(C)C1CCCN1.Cl. The van der Waals surface area contributed by atoms with Crippen molar-refractivity contribution in [3.8, 4) is 5.75 Å². The summed E-state index contributed by atoms with van der Waals surface area (Å²) in [6.45, 7) is 7.24. The van der Waals surface area contributed by atoms with Crippen molar-refractivity contribution in [2.24, 2.45) is 0 Å². The number of phenolic OH excluding ortho intramolecular Hbond substituents is 1. The third-order valence-electron chi connectivity index (χ3n) is 7.32. The summed E-state index contributed by atoms with van der Waals surface area (Å²) in [5.74, 6) is 0.00190. The van der Waals surface area contributed by atoms with E-state index in [9.17, 15) is 9.90 Å². The number of amides is 1. The normalized spacial score (nSPS) is 16.9. The number of nitrogens with one attached hydrogen (secondary N) is 2. The Morgan fingerprint density at radius 2 is 1.59 bits per heavy atom. The summed E-state index contributed by atoms with van der Waals surface area (Å²) in [4.78, 5) is 14.0. The number of carbonyl (C=O) groups is 1. The summed E-state index contributed by atoms with van der Waals surface area (Å²) < 4.78 is 2.27. The third kappa shape index (κ3) is 5.25. The Balaban J connectivity index is 0.00000320. The summed E-state index contributed by atoms with van der Waals surface area (Å²) in [5.41, 5.74) is 4.93. The van der Waals surface area contributed by atoms with E-state index in [1.165, 1.54) is 0 Å². The fourth-order valence-electron chi connectivity index (χ4n) is 5.71. The van der Waals surface area contributed by atoms with Gasteiger partial charge in [0.1, 0.15) is 11.4 Å². The van der Waals surface area contributed by atoms with Gasteiger partial charge in [-0.15, -0.1) is 12.4 Å². The molecule has 5 rings (SSSR count). The minimum Gasteiger partial charge on any atom is -0.508 e. The van der Waals surface area contributed by atoms with Crippen LogP contribution in [-0.4, -0.2) is 34.2 Å². The first-order valence-electron chi connectivity index (χ1n) is 13.0. The highest BCUT2D eigenvalue weighted by Gasteiger charge is 2.34. The monoisotopic (exact) mass is 517 g/mol. The van der Waals surface area contributed by atoms with Gasteiger partial charge in [0.25, 0.3) is 5.91 Å². The number of benzene rings is 3. The van der Waals surface area contributed by atoms with Crippen molar-refractivity contribution < 1.29 is 9.90 Å². The zero-order chi connectivity index (χ0) is 25.2. The van der Waals surface area contributed by atoms with E-state index in [0.29, 0.717) is 11.7 Å². The molecule has 0 radical (unpaired) electrons.